The minimum absolute atomic E-state index is 0.0116. The molecule has 0 fully saturated rings. The highest BCUT2D eigenvalue weighted by Crippen LogP contribution is 2.12. The molecule has 0 saturated heterocycles. The van der Waals surface area contributed by atoms with E-state index in [-0.39, 0.29) is 18.4 Å². The highest BCUT2D eigenvalue weighted by molar-refractivity contribution is 7.11. The molecule has 2 N–H and O–H groups in total. The summed E-state index contributed by atoms with van der Waals surface area (Å²) in [5.74, 6) is -0.232. The standard InChI is InChI=1S/C19H25N3O3S/c1-4-13(2)17(18(23)21-11-16-10-20-14(3)26-16)22-19(24)25-12-15-8-6-5-7-9-15/h5-10,13,17H,4,11-12H2,1-3H3,(H,21,23)(H,22,24)/t13-,17-/m0/s1. The molecule has 26 heavy (non-hydrogen) atoms. The second-order valence-corrected chi connectivity index (χ2v) is 7.45. The first-order chi connectivity index (χ1) is 12.5. The predicted octanol–water partition coefficient (Wildman–Crippen LogP) is 3.41. The van der Waals surface area contributed by atoms with Crippen LogP contribution in [-0.4, -0.2) is 23.0 Å². The Hall–Kier alpha value is -2.41. The molecular weight excluding hydrogens is 350 g/mol. The Balaban J connectivity index is 1.88. The molecule has 2 rings (SSSR count). The number of ether oxygens (including phenoxy) is 1. The Labute approximate surface area is 158 Å². The van der Waals surface area contributed by atoms with Crippen molar-refractivity contribution in [1.82, 2.24) is 15.6 Å². The number of hydrogen-bond acceptors (Lipinski definition) is 5. The fourth-order valence-corrected chi connectivity index (χ4v) is 3.10. The number of rotatable bonds is 8. The third kappa shape index (κ3) is 6.15. The number of hydrogen-bond donors (Lipinski definition) is 2. The van der Waals surface area contributed by atoms with Gasteiger partial charge >= 0.3 is 6.09 Å². The van der Waals surface area contributed by atoms with Crippen LogP contribution in [0, 0.1) is 12.8 Å². The number of amides is 2. The van der Waals surface area contributed by atoms with Crippen molar-refractivity contribution in [2.75, 3.05) is 0 Å². The topological polar surface area (TPSA) is 80.3 Å². The molecule has 0 unspecified atom stereocenters. The van der Waals surface area contributed by atoms with Crippen LogP contribution in [0.4, 0.5) is 4.79 Å². The molecule has 0 aliphatic heterocycles. The quantitative estimate of drug-likeness (QED) is 0.741. The molecule has 1 heterocycles. The van der Waals surface area contributed by atoms with Crippen LogP contribution in [-0.2, 0) is 22.7 Å². The van der Waals surface area contributed by atoms with Gasteiger partial charge in [-0.3, -0.25) is 4.79 Å². The Morgan fingerprint density at radius 3 is 2.62 bits per heavy atom. The lowest BCUT2D eigenvalue weighted by Gasteiger charge is -2.23. The van der Waals surface area contributed by atoms with Crippen molar-refractivity contribution in [1.29, 1.82) is 0 Å². The van der Waals surface area contributed by atoms with Crippen molar-refractivity contribution in [3.8, 4) is 0 Å². The molecule has 2 atom stereocenters. The van der Waals surface area contributed by atoms with Crippen molar-refractivity contribution in [2.45, 2.75) is 46.4 Å². The minimum Gasteiger partial charge on any atom is -0.445 e. The van der Waals surface area contributed by atoms with Gasteiger partial charge in [-0.1, -0.05) is 50.6 Å². The van der Waals surface area contributed by atoms with Crippen LogP contribution >= 0.6 is 11.3 Å². The molecule has 2 amide bonds. The lowest BCUT2D eigenvalue weighted by atomic mass is 9.98. The van der Waals surface area contributed by atoms with E-state index in [0.29, 0.717) is 6.54 Å². The van der Waals surface area contributed by atoms with Gasteiger partial charge in [0.2, 0.25) is 5.91 Å². The van der Waals surface area contributed by atoms with E-state index >= 15 is 0 Å². The van der Waals surface area contributed by atoms with Crippen molar-refractivity contribution >= 4 is 23.3 Å². The number of nitrogens with zero attached hydrogens (tertiary/aromatic N) is 1. The van der Waals surface area contributed by atoms with Gasteiger partial charge in [0.25, 0.3) is 0 Å². The van der Waals surface area contributed by atoms with Crippen LogP contribution in [0.1, 0.15) is 35.7 Å². The van der Waals surface area contributed by atoms with Crippen LogP contribution in [0.3, 0.4) is 0 Å². The summed E-state index contributed by atoms with van der Waals surface area (Å²) in [7, 11) is 0. The number of aromatic nitrogens is 1. The summed E-state index contributed by atoms with van der Waals surface area (Å²) >= 11 is 1.54. The van der Waals surface area contributed by atoms with E-state index in [9.17, 15) is 9.59 Å². The zero-order valence-electron chi connectivity index (χ0n) is 15.3. The highest BCUT2D eigenvalue weighted by Gasteiger charge is 2.26. The number of nitrogens with one attached hydrogen (secondary N) is 2. The van der Waals surface area contributed by atoms with Gasteiger partial charge in [-0.25, -0.2) is 9.78 Å². The zero-order chi connectivity index (χ0) is 18.9. The molecule has 0 aliphatic rings. The normalized spacial score (nSPS) is 12.9. The fourth-order valence-electron chi connectivity index (χ4n) is 2.36. The number of aryl methyl sites for hydroxylation is 1. The van der Waals surface area contributed by atoms with Crippen LogP contribution in [0.25, 0.3) is 0 Å². The molecule has 140 valence electrons. The number of carbonyl (C=O) groups is 2. The summed E-state index contributed by atoms with van der Waals surface area (Å²) in [5, 5.41) is 6.52. The van der Waals surface area contributed by atoms with E-state index in [0.717, 1.165) is 21.9 Å². The minimum atomic E-state index is -0.641. The molecule has 2 aromatic rings. The SMILES string of the molecule is CC[C@H](C)[C@H](NC(=O)OCc1ccccc1)C(=O)NCc1cnc(C)s1. The lowest BCUT2D eigenvalue weighted by molar-refractivity contribution is -0.124. The monoisotopic (exact) mass is 375 g/mol. The second-order valence-electron chi connectivity index (χ2n) is 6.13. The van der Waals surface area contributed by atoms with E-state index in [2.05, 4.69) is 15.6 Å². The summed E-state index contributed by atoms with van der Waals surface area (Å²) in [6.07, 6.45) is 1.92. The van der Waals surface area contributed by atoms with Gasteiger partial charge in [0.15, 0.2) is 0 Å². The molecule has 0 aliphatic carbocycles. The van der Waals surface area contributed by atoms with Crippen LogP contribution in [0.2, 0.25) is 0 Å². The molecule has 0 saturated carbocycles. The van der Waals surface area contributed by atoms with E-state index in [1.54, 1.807) is 6.20 Å². The van der Waals surface area contributed by atoms with Gasteiger partial charge in [0, 0.05) is 11.1 Å². The van der Waals surface area contributed by atoms with Gasteiger partial charge in [0.05, 0.1) is 11.6 Å². The maximum Gasteiger partial charge on any atom is 0.408 e. The zero-order valence-corrected chi connectivity index (χ0v) is 16.1. The highest BCUT2D eigenvalue weighted by atomic mass is 32.1. The average molecular weight is 375 g/mol. The average Bonchev–Trinajstić information content (AvgIpc) is 3.08. The van der Waals surface area contributed by atoms with Crippen molar-refractivity contribution in [3.63, 3.8) is 0 Å². The number of carbonyl (C=O) groups excluding carboxylic acids is 2. The molecule has 1 aromatic carbocycles. The Morgan fingerprint density at radius 1 is 1.27 bits per heavy atom. The summed E-state index contributed by atoms with van der Waals surface area (Å²) in [6.45, 7) is 6.40. The summed E-state index contributed by atoms with van der Waals surface area (Å²) in [4.78, 5) is 29.8. The summed E-state index contributed by atoms with van der Waals surface area (Å²) in [6, 6.07) is 8.78. The molecule has 0 bridgehead atoms. The third-order valence-corrected chi connectivity index (χ3v) is 5.00. The van der Waals surface area contributed by atoms with Crippen LogP contribution < -0.4 is 10.6 Å². The number of alkyl carbamates (subject to hydrolysis) is 1. The lowest BCUT2D eigenvalue weighted by Crippen LogP contribution is -2.50. The van der Waals surface area contributed by atoms with Crippen LogP contribution in [0.15, 0.2) is 36.5 Å². The van der Waals surface area contributed by atoms with Gasteiger partial charge < -0.3 is 15.4 Å². The van der Waals surface area contributed by atoms with Crippen LogP contribution in [0.5, 0.6) is 0 Å². The largest absolute Gasteiger partial charge is 0.445 e. The maximum absolute atomic E-state index is 12.5. The molecule has 0 spiro atoms. The van der Waals surface area contributed by atoms with Gasteiger partial charge in [-0.2, -0.15) is 0 Å². The smallest absolute Gasteiger partial charge is 0.408 e. The Bertz CT molecular complexity index is 718. The summed E-state index contributed by atoms with van der Waals surface area (Å²) in [5.41, 5.74) is 0.896. The predicted molar refractivity (Wildman–Crippen MR) is 102 cm³/mol. The molecule has 1 aromatic heterocycles. The number of thiazole rings is 1. The maximum atomic E-state index is 12.5. The van der Waals surface area contributed by atoms with Gasteiger partial charge in [0.1, 0.15) is 12.6 Å². The van der Waals surface area contributed by atoms with Crippen molar-refractivity contribution in [3.05, 3.63) is 52.0 Å². The molecule has 7 heteroatoms. The first-order valence-electron chi connectivity index (χ1n) is 8.65. The molecular formula is C19H25N3O3S. The van der Waals surface area contributed by atoms with E-state index in [1.807, 2.05) is 51.1 Å². The molecule has 0 radical (unpaired) electrons. The Morgan fingerprint density at radius 2 is 2.00 bits per heavy atom. The van der Waals surface area contributed by atoms with Gasteiger partial charge in [-0.05, 0) is 18.4 Å². The van der Waals surface area contributed by atoms with E-state index in [1.165, 1.54) is 11.3 Å². The molecule has 6 nitrogen and oxygen atoms in total. The van der Waals surface area contributed by atoms with Gasteiger partial charge in [-0.15, -0.1) is 11.3 Å². The third-order valence-electron chi connectivity index (χ3n) is 4.09. The Kier molecular flexibility index (Phi) is 7.59. The van der Waals surface area contributed by atoms with E-state index in [4.69, 9.17) is 4.74 Å². The summed E-state index contributed by atoms with van der Waals surface area (Å²) < 4.78 is 5.23. The first kappa shape index (κ1) is 19.9. The first-order valence-corrected chi connectivity index (χ1v) is 9.47. The van der Waals surface area contributed by atoms with Crippen molar-refractivity contribution < 1.29 is 14.3 Å². The van der Waals surface area contributed by atoms with E-state index < -0.39 is 12.1 Å². The number of benzene rings is 1. The fraction of sp³-hybridized carbons (Fsp3) is 0.421. The van der Waals surface area contributed by atoms with Crippen molar-refractivity contribution in [2.24, 2.45) is 5.92 Å². The second kappa shape index (κ2) is 9.91.